The minimum Gasteiger partial charge on any atom is -0.389 e. The van der Waals surface area contributed by atoms with Crippen molar-refractivity contribution in [3.63, 3.8) is 0 Å². The maximum Gasteiger partial charge on any atom is 0.273 e. The summed E-state index contributed by atoms with van der Waals surface area (Å²) in [5.74, 6) is -0.246. The van der Waals surface area contributed by atoms with Crippen LogP contribution in [-0.2, 0) is 4.74 Å². The van der Waals surface area contributed by atoms with Gasteiger partial charge in [-0.15, -0.1) is 11.3 Å². The molecule has 0 aliphatic carbocycles. The van der Waals surface area contributed by atoms with Gasteiger partial charge in [0.25, 0.3) is 5.91 Å². The number of carbonyl (C=O) groups excluding carboxylic acids is 1. The van der Waals surface area contributed by atoms with Crippen LogP contribution in [0.25, 0.3) is 10.6 Å². The Morgan fingerprint density at radius 2 is 2.23 bits per heavy atom. The zero-order chi connectivity index (χ0) is 16.1. The number of amides is 1. The first-order valence-corrected chi connectivity index (χ1v) is 7.91. The molecule has 0 saturated carbocycles. The molecule has 118 valence electrons. The molecule has 1 unspecified atom stereocenters. The molecule has 1 N–H and O–H groups in total. The summed E-state index contributed by atoms with van der Waals surface area (Å²) in [6, 6.07) is 7.36. The zero-order valence-corrected chi connectivity index (χ0v) is 13.9. The number of nitrogens with zero attached hydrogens (tertiary/aromatic N) is 2. The van der Waals surface area contributed by atoms with E-state index in [0.717, 1.165) is 5.56 Å². The van der Waals surface area contributed by atoms with E-state index < -0.39 is 6.10 Å². The molecule has 0 aliphatic heterocycles. The second kappa shape index (κ2) is 7.69. The second-order valence-corrected chi connectivity index (χ2v) is 6.08. The number of likely N-dealkylation sites (N-methyl/N-ethyl adjacent to an activating group) is 1. The Hall–Kier alpha value is -1.47. The predicted octanol–water partition coefficient (Wildman–Crippen LogP) is 2.54. The summed E-state index contributed by atoms with van der Waals surface area (Å²) in [6.45, 7) is 0.366. The van der Waals surface area contributed by atoms with Crippen molar-refractivity contribution < 1.29 is 14.6 Å². The highest BCUT2D eigenvalue weighted by molar-refractivity contribution is 7.13. The van der Waals surface area contributed by atoms with E-state index in [2.05, 4.69) is 4.98 Å². The predicted molar refractivity (Wildman–Crippen MR) is 87.4 cm³/mol. The Morgan fingerprint density at radius 3 is 2.91 bits per heavy atom. The fraction of sp³-hybridized carbons (Fsp3) is 0.333. The lowest BCUT2D eigenvalue weighted by Crippen LogP contribution is -2.36. The van der Waals surface area contributed by atoms with Crippen molar-refractivity contribution in [2.45, 2.75) is 6.10 Å². The lowest BCUT2D eigenvalue weighted by Gasteiger charge is -2.19. The van der Waals surface area contributed by atoms with Crippen LogP contribution in [0.3, 0.4) is 0 Å². The number of rotatable bonds is 6. The third kappa shape index (κ3) is 4.04. The molecule has 1 atom stereocenters. The molecule has 7 heteroatoms. The molecular formula is C15H17ClN2O3S. The number of aliphatic hydroxyl groups excluding tert-OH is 1. The molecule has 0 fully saturated rings. The second-order valence-electron chi connectivity index (χ2n) is 4.81. The molecule has 5 nitrogen and oxygen atoms in total. The first kappa shape index (κ1) is 16.9. The van der Waals surface area contributed by atoms with Gasteiger partial charge in [0.1, 0.15) is 10.7 Å². The van der Waals surface area contributed by atoms with Crippen molar-refractivity contribution in [3.05, 3.63) is 40.4 Å². The van der Waals surface area contributed by atoms with Gasteiger partial charge in [0.2, 0.25) is 0 Å². The molecule has 1 amide bonds. The Balaban J connectivity index is 2.11. The quantitative estimate of drug-likeness (QED) is 0.877. The summed E-state index contributed by atoms with van der Waals surface area (Å²) in [7, 11) is 3.12. The molecule has 0 aliphatic rings. The van der Waals surface area contributed by atoms with Crippen LogP contribution < -0.4 is 0 Å². The van der Waals surface area contributed by atoms with Crippen LogP contribution in [0.1, 0.15) is 10.5 Å². The van der Waals surface area contributed by atoms with Crippen molar-refractivity contribution in [1.82, 2.24) is 9.88 Å². The number of benzene rings is 1. The Labute approximate surface area is 138 Å². The maximum absolute atomic E-state index is 12.3. The van der Waals surface area contributed by atoms with Gasteiger partial charge in [-0.1, -0.05) is 29.8 Å². The first-order valence-electron chi connectivity index (χ1n) is 6.65. The molecule has 1 heterocycles. The third-order valence-corrected chi connectivity index (χ3v) is 4.22. The summed E-state index contributed by atoms with van der Waals surface area (Å²) >= 11 is 7.50. The number of hydrogen-bond donors (Lipinski definition) is 1. The van der Waals surface area contributed by atoms with E-state index in [1.165, 1.54) is 23.3 Å². The maximum atomic E-state index is 12.3. The molecule has 2 aromatic rings. The highest BCUT2D eigenvalue weighted by Gasteiger charge is 2.19. The summed E-state index contributed by atoms with van der Waals surface area (Å²) in [4.78, 5) is 18.1. The van der Waals surface area contributed by atoms with Crippen LogP contribution in [0.15, 0.2) is 29.6 Å². The number of carbonyl (C=O) groups is 1. The lowest BCUT2D eigenvalue weighted by molar-refractivity contribution is 0.0378. The van der Waals surface area contributed by atoms with Crippen molar-refractivity contribution in [1.29, 1.82) is 0 Å². The van der Waals surface area contributed by atoms with Gasteiger partial charge in [0, 0.05) is 31.6 Å². The largest absolute Gasteiger partial charge is 0.389 e. The third-order valence-electron chi connectivity index (χ3n) is 3.02. The number of aromatic nitrogens is 1. The highest BCUT2D eigenvalue weighted by atomic mass is 35.5. The average Bonchev–Trinajstić information content (AvgIpc) is 2.96. The standard InChI is InChI=1S/C15H17ClN2O3S/c1-18(7-10(19)8-21-2)15(20)13-9-22-14(17-13)11-5-3-4-6-12(11)16/h3-6,9-10,19H,7-8H2,1-2H3. The van der Waals surface area contributed by atoms with E-state index >= 15 is 0 Å². The topological polar surface area (TPSA) is 62.7 Å². The molecule has 0 radical (unpaired) electrons. The summed E-state index contributed by atoms with van der Waals surface area (Å²) in [6.07, 6.45) is -0.722. The van der Waals surface area contributed by atoms with E-state index in [1.807, 2.05) is 18.2 Å². The Kier molecular flexibility index (Phi) is 5.90. The Morgan fingerprint density at radius 1 is 1.50 bits per heavy atom. The van der Waals surface area contributed by atoms with Crippen LogP contribution in [0.5, 0.6) is 0 Å². The minimum atomic E-state index is -0.722. The van der Waals surface area contributed by atoms with Crippen LogP contribution in [-0.4, -0.2) is 54.3 Å². The molecule has 1 aromatic heterocycles. The average molecular weight is 341 g/mol. The van der Waals surface area contributed by atoms with E-state index in [9.17, 15) is 9.90 Å². The molecule has 22 heavy (non-hydrogen) atoms. The number of halogens is 1. The van der Waals surface area contributed by atoms with Gasteiger partial charge in [0.15, 0.2) is 0 Å². The van der Waals surface area contributed by atoms with Gasteiger partial charge >= 0.3 is 0 Å². The van der Waals surface area contributed by atoms with Gasteiger partial charge in [-0.05, 0) is 6.07 Å². The Bertz CT molecular complexity index is 647. The lowest BCUT2D eigenvalue weighted by atomic mass is 10.2. The minimum absolute atomic E-state index is 0.180. The van der Waals surface area contributed by atoms with E-state index in [4.69, 9.17) is 16.3 Å². The van der Waals surface area contributed by atoms with Gasteiger partial charge in [-0.3, -0.25) is 4.79 Å². The van der Waals surface area contributed by atoms with Crippen LogP contribution in [0.4, 0.5) is 0 Å². The number of methoxy groups -OCH3 is 1. The number of ether oxygens (including phenoxy) is 1. The van der Waals surface area contributed by atoms with Crippen molar-refractivity contribution in [2.75, 3.05) is 27.3 Å². The van der Waals surface area contributed by atoms with Crippen LogP contribution >= 0.6 is 22.9 Å². The number of thiazole rings is 1. The van der Waals surface area contributed by atoms with E-state index in [1.54, 1.807) is 18.5 Å². The molecule has 2 rings (SSSR count). The van der Waals surface area contributed by atoms with Crippen molar-refractivity contribution >= 4 is 28.8 Å². The van der Waals surface area contributed by atoms with Crippen molar-refractivity contribution in [2.24, 2.45) is 0 Å². The van der Waals surface area contributed by atoms with E-state index in [0.29, 0.717) is 15.7 Å². The fourth-order valence-electron chi connectivity index (χ4n) is 1.97. The SMILES string of the molecule is COCC(O)CN(C)C(=O)c1csc(-c2ccccc2Cl)n1. The molecule has 0 spiro atoms. The molecule has 1 aromatic carbocycles. The monoisotopic (exact) mass is 340 g/mol. The van der Waals surface area contributed by atoms with Gasteiger partial charge < -0.3 is 14.7 Å². The van der Waals surface area contributed by atoms with Crippen LogP contribution in [0, 0.1) is 0 Å². The summed E-state index contributed by atoms with van der Waals surface area (Å²) < 4.78 is 4.85. The zero-order valence-electron chi connectivity index (χ0n) is 12.3. The summed E-state index contributed by atoms with van der Waals surface area (Å²) in [5, 5.41) is 12.7. The van der Waals surface area contributed by atoms with Gasteiger partial charge in [-0.2, -0.15) is 0 Å². The highest BCUT2D eigenvalue weighted by Crippen LogP contribution is 2.30. The smallest absolute Gasteiger partial charge is 0.273 e. The first-order chi connectivity index (χ1) is 10.5. The number of aliphatic hydroxyl groups is 1. The van der Waals surface area contributed by atoms with E-state index in [-0.39, 0.29) is 19.1 Å². The summed E-state index contributed by atoms with van der Waals surface area (Å²) in [5.41, 5.74) is 1.14. The van der Waals surface area contributed by atoms with Gasteiger partial charge in [-0.25, -0.2) is 4.98 Å². The van der Waals surface area contributed by atoms with Crippen molar-refractivity contribution in [3.8, 4) is 10.6 Å². The normalized spacial score (nSPS) is 12.2. The van der Waals surface area contributed by atoms with Gasteiger partial charge in [0.05, 0.1) is 17.7 Å². The van der Waals surface area contributed by atoms with Crippen LogP contribution in [0.2, 0.25) is 5.02 Å². The molecule has 0 bridgehead atoms. The molecule has 0 saturated heterocycles. The molecular weight excluding hydrogens is 324 g/mol. The fourth-order valence-corrected chi connectivity index (χ4v) is 3.08. The number of hydrogen-bond acceptors (Lipinski definition) is 5.